The molecule has 4 N–H and O–H groups in total. The molecule has 1 heterocycles. The summed E-state index contributed by atoms with van der Waals surface area (Å²) in [6.45, 7) is 4.47. The van der Waals surface area contributed by atoms with Crippen LogP contribution in [0.15, 0.2) is 83.7 Å². The minimum absolute atomic E-state index is 0.0975. The Morgan fingerprint density at radius 2 is 1.79 bits per heavy atom. The van der Waals surface area contributed by atoms with Crippen LogP contribution in [0.25, 0.3) is 0 Å². The van der Waals surface area contributed by atoms with Crippen molar-refractivity contribution in [3.8, 4) is 0 Å². The second-order valence-electron chi connectivity index (χ2n) is 7.27. The third kappa shape index (κ3) is 6.95. The van der Waals surface area contributed by atoms with Crippen LogP contribution in [0.2, 0.25) is 0 Å². The molecular formula is C25H34N5O3S+. The first-order valence-corrected chi connectivity index (χ1v) is 12.6. The molecular weight excluding hydrogens is 450 g/mol. The third-order valence-corrected chi connectivity index (χ3v) is 6.89. The Labute approximate surface area is 202 Å². The van der Waals surface area contributed by atoms with Crippen LogP contribution in [0.4, 0.5) is 17.1 Å². The Kier molecular flexibility index (Phi) is 9.88. The number of nitrogen functional groups attached to an aromatic ring is 1. The van der Waals surface area contributed by atoms with E-state index in [1.807, 2.05) is 36.6 Å². The van der Waals surface area contributed by atoms with Crippen molar-refractivity contribution in [2.45, 2.75) is 38.1 Å². The van der Waals surface area contributed by atoms with Crippen LogP contribution in [0.1, 0.15) is 26.7 Å². The zero-order valence-corrected chi connectivity index (χ0v) is 21.0. The summed E-state index contributed by atoms with van der Waals surface area (Å²) >= 11 is 0. The van der Waals surface area contributed by atoms with Gasteiger partial charge in [0.05, 0.1) is 22.7 Å². The van der Waals surface area contributed by atoms with E-state index < -0.39 is 10.0 Å². The lowest BCUT2D eigenvalue weighted by Crippen LogP contribution is -2.34. The fourth-order valence-electron chi connectivity index (χ4n) is 3.18. The number of nitrogens with two attached hydrogens (primary N) is 1. The van der Waals surface area contributed by atoms with Crippen molar-refractivity contribution >= 4 is 33.0 Å². The summed E-state index contributed by atoms with van der Waals surface area (Å²) in [7, 11) is -0.552. The van der Waals surface area contributed by atoms with E-state index in [-0.39, 0.29) is 17.2 Å². The zero-order valence-electron chi connectivity index (χ0n) is 20.2. The van der Waals surface area contributed by atoms with Gasteiger partial charge >= 0.3 is 0 Å². The fourth-order valence-corrected chi connectivity index (χ4v) is 4.45. The van der Waals surface area contributed by atoms with Crippen LogP contribution in [-0.2, 0) is 21.4 Å². The number of aryl methyl sites for hydroxylation is 1. The molecule has 0 saturated carbocycles. The number of amides is 1. The summed E-state index contributed by atoms with van der Waals surface area (Å²) in [6, 6.07) is 8.18. The van der Waals surface area contributed by atoms with Crippen molar-refractivity contribution in [1.29, 1.82) is 0 Å². The summed E-state index contributed by atoms with van der Waals surface area (Å²) in [5, 5.41) is 5.81. The van der Waals surface area contributed by atoms with Crippen molar-refractivity contribution in [3.05, 3.63) is 78.8 Å². The first-order valence-electron chi connectivity index (χ1n) is 11.2. The summed E-state index contributed by atoms with van der Waals surface area (Å²) in [4.78, 5) is 12.6. The monoisotopic (exact) mass is 484 g/mol. The van der Waals surface area contributed by atoms with E-state index in [0.717, 1.165) is 0 Å². The normalized spacial score (nSPS) is 12.6. The topological polar surface area (TPSA) is 108 Å². The molecule has 0 spiro atoms. The van der Waals surface area contributed by atoms with Crippen LogP contribution in [0.5, 0.6) is 0 Å². The first-order chi connectivity index (χ1) is 16.3. The summed E-state index contributed by atoms with van der Waals surface area (Å²) in [5.41, 5.74) is 8.01. The highest BCUT2D eigenvalue weighted by Crippen LogP contribution is 2.28. The number of rotatable bonds is 8. The lowest BCUT2D eigenvalue weighted by Gasteiger charge is -2.22. The number of nitrogens with zero attached hydrogens (tertiary/aromatic N) is 2. The smallest absolute Gasteiger partial charge is 0.263 e. The molecule has 8 nitrogen and oxygen atoms in total. The Bertz CT molecular complexity index is 1170. The maximum atomic E-state index is 13.2. The zero-order chi connectivity index (χ0) is 25.1. The predicted octanol–water partition coefficient (Wildman–Crippen LogP) is 3.67. The van der Waals surface area contributed by atoms with Crippen molar-refractivity contribution in [2.75, 3.05) is 30.5 Å². The Balaban J connectivity index is 0.00000199. The number of allylic oxidation sites excluding steroid dienone is 5. The number of nitrogens with one attached hydrogen (secondary N) is 2. The van der Waals surface area contributed by atoms with Crippen LogP contribution in [0.3, 0.4) is 0 Å². The molecule has 1 aliphatic carbocycles. The molecule has 1 amide bonds. The van der Waals surface area contributed by atoms with Crippen LogP contribution >= 0.6 is 0 Å². The minimum atomic E-state index is -3.80. The molecule has 0 saturated heterocycles. The van der Waals surface area contributed by atoms with Crippen molar-refractivity contribution < 1.29 is 17.8 Å². The predicted molar refractivity (Wildman–Crippen MR) is 138 cm³/mol. The van der Waals surface area contributed by atoms with Crippen LogP contribution in [-0.4, -0.2) is 32.7 Å². The Morgan fingerprint density at radius 1 is 1.09 bits per heavy atom. The van der Waals surface area contributed by atoms with Crippen molar-refractivity contribution in [3.63, 3.8) is 0 Å². The van der Waals surface area contributed by atoms with Gasteiger partial charge in [0.15, 0.2) is 18.9 Å². The number of carbonyl (C=O) groups is 1. The highest BCUT2D eigenvalue weighted by Gasteiger charge is 2.24. The van der Waals surface area contributed by atoms with Gasteiger partial charge in [0.25, 0.3) is 10.0 Å². The number of hydrogen-bond donors (Lipinski definition) is 3. The molecule has 9 heteroatoms. The number of pyridine rings is 1. The summed E-state index contributed by atoms with van der Waals surface area (Å²) in [6.07, 6.45) is 13.5. The average molecular weight is 485 g/mol. The average Bonchev–Trinajstić information content (AvgIpc) is 3.14. The molecule has 34 heavy (non-hydrogen) atoms. The van der Waals surface area contributed by atoms with Gasteiger partial charge in [-0.05, 0) is 24.3 Å². The van der Waals surface area contributed by atoms with Crippen LogP contribution in [0, 0.1) is 0 Å². The molecule has 2 aromatic rings. The largest absolute Gasteiger partial charge is 0.398 e. The van der Waals surface area contributed by atoms with Gasteiger partial charge in [-0.1, -0.05) is 38.2 Å². The van der Waals surface area contributed by atoms with Gasteiger partial charge in [-0.15, -0.1) is 0 Å². The number of sulfonamides is 1. The van der Waals surface area contributed by atoms with E-state index in [2.05, 4.69) is 10.6 Å². The first kappa shape index (κ1) is 26.7. The highest BCUT2D eigenvalue weighted by atomic mass is 32.2. The second-order valence-corrected chi connectivity index (χ2v) is 9.24. The van der Waals surface area contributed by atoms with E-state index in [4.69, 9.17) is 5.73 Å². The molecule has 0 atom stereocenters. The summed E-state index contributed by atoms with van der Waals surface area (Å²) < 4.78 is 29.5. The lowest BCUT2D eigenvalue weighted by atomic mass is 10.2. The minimum Gasteiger partial charge on any atom is -0.398 e. The van der Waals surface area contributed by atoms with Crippen molar-refractivity contribution in [2.24, 2.45) is 0 Å². The quantitative estimate of drug-likeness (QED) is 0.496. The van der Waals surface area contributed by atoms with Gasteiger partial charge in [0.1, 0.15) is 0 Å². The van der Waals surface area contributed by atoms with Crippen LogP contribution < -0.4 is 20.9 Å². The molecule has 1 aliphatic rings. The molecule has 0 unspecified atom stereocenters. The third-order valence-electron chi connectivity index (χ3n) is 5.09. The fraction of sp³-hybridized carbons (Fsp3) is 0.280. The van der Waals surface area contributed by atoms with E-state index in [1.165, 1.54) is 23.5 Å². The number of aromatic nitrogens is 1. The molecule has 1 aromatic heterocycles. The van der Waals surface area contributed by atoms with Gasteiger partial charge in [-0.25, -0.2) is 13.0 Å². The SMILES string of the molecule is CC.CNc1ccc(S(=O)(=O)N(C)C2=CC=CC=CC2)cc1NC(=O)CC[n+]1ccc(N)cc1. The maximum Gasteiger partial charge on any atom is 0.263 e. The van der Waals surface area contributed by atoms with E-state index in [1.54, 1.807) is 49.8 Å². The number of carbonyl (C=O) groups excluding carboxylic acids is 1. The highest BCUT2D eigenvalue weighted by molar-refractivity contribution is 7.89. The molecule has 3 rings (SSSR count). The number of anilines is 3. The maximum absolute atomic E-state index is 13.2. The van der Waals surface area contributed by atoms with Gasteiger partial charge in [0, 0.05) is 44.0 Å². The summed E-state index contributed by atoms with van der Waals surface area (Å²) in [5.74, 6) is -0.226. The van der Waals surface area contributed by atoms with Crippen molar-refractivity contribution in [1.82, 2.24) is 4.31 Å². The Hall–Kier alpha value is -3.59. The lowest BCUT2D eigenvalue weighted by molar-refractivity contribution is -0.695. The molecule has 0 bridgehead atoms. The van der Waals surface area contributed by atoms with Gasteiger partial charge in [0.2, 0.25) is 5.91 Å². The van der Waals surface area contributed by atoms with E-state index in [0.29, 0.717) is 35.7 Å². The Morgan fingerprint density at radius 3 is 2.47 bits per heavy atom. The molecule has 0 aliphatic heterocycles. The standard InChI is InChI=1S/C23H27N5O3S.C2H6/c1-25-21-10-9-20(32(30,31)27(2)19-7-5-3-4-6-8-19)17-22(21)26-23(29)13-16-28-14-11-18(24)12-15-28;1-2/h3-7,9-12,14-15,17,24-25H,8,13,16H2,1-2H3,(H,26,29);1-2H3/p+1. The molecule has 0 fully saturated rings. The number of hydrogen-bond acceptors (Lipinski definition) is 5. The second kappa shape index (κ2) is 12.6. The molecule has 182 valence electrons. The van der Waals surface area contributed by atoms with E-state index >= 15 is 0 Å². The molecule has 1 aromatic carbocycles. The van der Waals surface area contributed by atoms with Gasteiger partial charge in [-0.3, -0.25) is 9.10 Å². The van der Waals surface area contributed by atoms with Gasteiger partial charge < -0.3 is 16.4 Å². The van der Waals surface area contributed by atoms with E-state index in [9.17, 15) is 13.2 Å². The van der Waals surface area contributed by atoms with Gasteiger partial charge in [-0.2, -0.15) is 0 Å². The molecule has 0 radical (unpaired) electrons. The number of benzene rings is 1.